The first-order valence-corrected chi connectivity index (χ1v) is 4.65. The van der Waals surface area contributed by atoms with Crippen LogP contribution in [-0.2, 0) is 0 Å². The van der Waals surface area contributed by atoms with Gasteiger partial charge >= 0.3 is 0 Å². The molecular formula is C11H6F2N2O2. The Morgan fingerprint density at radius 3 is 2.35 bits per heavy atom. The molecule has 1 aromatic heterocycles. The van der Waals surface area contributed by atoms with Gasteiger partial charge in [0.1, 0.15) is 11.6 Å². The zero-order valence-electron chi connectivity index (χ0n) is 8.43. The van der Waals surface area contributed by atoms with Crippen LogP contribution < -0.4 is 0 Å². The fourth-order valence-corrected chi connectivity index (χ4v) is 1.46. The third-order valence-corrected chi connectivity index (χ3v) is 2.18. The van der Waals surface area contributed by atoms with Crippen molar-refractivity contribution in [1.82, 2.24) is 4.98 Å². The smallest absolute Gasteiger partial charge is 0.258 e. The Morgan fingerprint density at radius 1 is 1.12 bits per heavy atom. The maximum absolute atomic E-state index is 13.5. The van der Waals surface area contributed by atoms with E-state index in [1.165, 1.54) is 18.3 Å². The van der Waals surface area contributed by atoms with Gasteiger partial charge < -0.3 is 0 Å². The molecule has 1 heterocycles. The van der Waals surface area contributed by atoms with Crippen molar-refractivity contribution < 1.29 is 13.7 Å². The van der Waals surface area contributed by atoms with E-state index in [2.05, 4.69) is 4.98 Å². The summed E-state index contributed by atoms with van der Waals surface area (Å²) in [4.78, 5) is 13.7. The summed E-state index contributed by atoms with van der Waals surface area (Å²) < 4.78 is 27.0. The maximum Gasteiger partial charge on any atom is 0.295 e. The average Bonchev–Trinajstić information content (AvgIpc) is 2.29. The lowest BCUT2D eigenvalue weighted by Gasteiger charge is -2.04. The number of halogens is 2. The Bertz CT molecular complexity index is 567. The molecular weight excluding hydrogens is 230 g/mol. The van der Waals surface area contributed by atoms with Gasteiger partial charge in [-0.3, -0.25) is 10.1 Å². The Labute approximate surface area is 94.7 Å². The van der Waals surface area contributed by atoms with Crippen LogP contribution in [0, 0.1) is 21.7 Å². The predicted octanol–water partition coefficient (Wildman–Crippen LogP) is 2.94. The molecule has 0 spiro atoms. The van der Waals surface area contributed by atoms with Crippen LogP contribution in [0.3, 0.4) is 0 Å². The van der Waals surface area contributed by atoms with Crippen molar-refractivity contribution in [2.75, 3.05) is 0 Å². The summed E-state index contributed by atoms with van der Waals surface area (Å²) in [5, 5.41) is 10.7. The van der Waals surface area contributed by atoms with Gasteiger partial charge in [-0.1, -0.05) is 6.07 Å². The molecule has 0 saturated carbocycles. The molecule has 17 heavy (non-hydrogen) atoms. The van der Waals surface area contributed by atoms with Crippen LogP contribution in [0.25, 0.3) is 11.3 Å². The standard InChI is InChI=1S/C11H6F2N2O2/c12-7-3-1-4-8(13)10(7)11-9(15(16)17)5-2-6-14-11/h1-6H. The number of hydrogen-bond donors (Lipinski definition) is 0. The van der Waals surface area contributed by atoms with Crippen molar-refractivity contribution in [2.45, 2.75) is 0 Å². The van der Waals surface area contributed by atoms with Gasteiger partial charge in [-0.05, 0) is 18.2 Å². The second kappa shape index (κ2) is 4.25. The lowest BCUT2D eigenvalue weighted by atomic mass is 10.1. The number of aromatic nitrogens is 1. The zero-order chi connectivity index (χ0) is 12.4. The minimum Gasteiger partial charge on any atom is -0.258 e. The fourth-order valence-electron chi connectivity index (χ4n) is 1.46. The highest BCUT2D eigenvalue weighted by Crippen LogP contribution is 2.31. The number of nitrogens with zero attached hydrogens (tertiary/aromatic N) is 2. The Hall–Kier alpha value is -2.37. The molecule has 86 valence electrons. The van der Waals surface area contributed by atoms with Crippen molar-refractivity contribution in [1.29, 1.82) is 0 Å². The van der Waals surface area contributed by atoms with E-state index in [4.69, 9.17) is 0 Å². The summed E-state index contributed by atoms with van der Waals surface area (Å²) in [5.41, 5.74) is -1.23. The third kappa shape index (κ3) is 1.96. The van der Waals surface area contributed by atoms with Crippen LogP contribution in [0.1, 0.15) is 0 Å². The van der Waals surface area contributed by atoms with Crippen LogP contribution in [0.2, 0.25) is 0 Å². The number of rotatable bonds is 2. The monoisotopic (exact) mass is 236 g/mol. The molecule has 0 unspecified atom stereocenters. The molecule has 6 heteroatoms. The molecule has 0 aliphatic carbocycles. The van der Waals surface area contributed by atoms with Gasteiger partial charge in [0.2, 0.25) is 0 Å². The molecule has 0 fully saturated rings. The van der Waals surface area contributed by atoms with Crippen LogP contribution in [-0.4, -0.2) is 9.91 Å². The maximum atomic E-state index is 13.5. The van der Waals surface area contributed by atoms with Crippen LogP contribution in [0.15, 0.2) is 36.5 Å². The largest absolute Gasteiger partial charge is 0.295 e. The summed E-state index contributed by atoms with van der Waals surface area (Å²) in [6.07, 6.45) is 1.24. The van der Waals surface area contributed by atoms with Gasteiger partial charge in [0.25, 0.3) is 5.69 Å². The summed E-state index contributed by atoms with van der Waals surface area (Å²) in [6.45, 7) is 0. The molecule has 4 nitrogen and oxygen atoms in total. The molecule has 0 bridgehead atoms. The summed E-state index contributed by atoms with van der Waals surface area (Å²) >= 11 is 0. The van der Waals surface area contributed by atoms with E-state index in [0.717, 1.165) is 18.2 Å². The predicted molar refractivity (Wildman–Crippen MR) is 56.2 cm³/mol. The minimum atomic E-state index is -0.883. The van der Waals surface area contributed by atoms with E-state index in [0.29, 0.717) is 0 Å². The quantitative estimate of drug-likeness (QED) is 0.595. The molecule has 0 radical (unpaired) electrons. The summed E-state index contributed by atoms with van der Waals surface area (Å²) in [5.74, 6) is -1.77. The lowest BCUT2D eigenvalue weighted by molar-refractivity contribution is -0.384. The first-order valence-electron chi connectivity index (χ1n) is 4.65. The van der Waals surface area contributed by atoms with Crippen LogP contribution in [0.4, 0.5) is 14.5 Å². The normalized spacial score (nSPS) is 10.2. The number of pyridine rings is 1. The highest BCUT2D eigenvalue weighted by Gasteiger charge is 2.21. The van der Waals surface area contributed by atoms with Crippen molar-refractivity contribution in [3.63, 3.8) is 0 Å². The molecule has 0 N–H and O–H groups in total. The van der Waals surface area contributed by atoms with Crippen LogP contribution in [0.5, 0.6) is 0 Å². The van der Waals surface area contributed by atoms with E-state index in [9.17, 15) is 18.9 Å². The van der Waals surface area contributed by atoms with E-state index >= 15 is 0 Å². The second-order valence-electron chi connectivity index (χ2n) is 3.22. The van der Waals surface area contributed by atoms with Gasteiger partial charge in [0.05, 0.1) is 10.5 Å². The molecule has 0 amide bonds. The van der Waals surface area contributed by atoms with Gasteiger partial charge in [-0.15, -0.1) is 0 Å². The second-order valence-corrected chi connectivity index (χ2v) is 3.22. The summed E-state index contributed by atoms with van der Waals surface area (Å²) in [7, 11) is 0. The molecule has 0 aliphatic heterocycles. The van der Waals surface area contributed by atoms with Gasteiger partial charge in [-0.25, -0.2) is 13.8 Å². The van der Waals surface area contributed by atoms with Crippen molar-refractivity contribution in [3.05, 3.63) is 58.3 Å². The van der Waals surface area contributed by atoms with Crippen molar-refractivity contribution in [2.24, 2.45) is 0 Å². The van der Waals surface area contributed by atoms with Gasteiger partial charge in [0.15, 0.2) is 5.69 Å². The first kappa shape index (κ1) is 11.1. The third-order valence-electron chi connectivity index (χ3n) is 2.18. The van der Waals surface area contributed by atoms with Crippen molar-refractivity contribution >= 4 is 5.69 Å². The number of nitro groups is 1. The highest BCUT2D eigenvalue weighted by molar-refractivity contribution is 5.70. The summed E-state index contributed by atoms with van der Waals surface area (Å²) in [6, 6.07) is 5.71. The highest BCUT2D eigenvalue weighted by atomic mass is 19.1. The Morgan fingerprint density at radius 2 is 1.76 bits per heavy atom. The minimum absolute atomic E-state index is 0.312. The van der Waals surface area contributed by atoms with Crippen LogP contribution >= 0.6 is 0 Å². The topological polar surface area (TPSA) is 56.0 Å². The van der Waals surface area contributed by atoms with Gasteiger partial charge in [0, 0.05) is 12.3 Å². The average molecular weight is 236 g/mol. The molecule has 2 aromatic rings. The van der Waals surface area contributed by atoms with E-state index in [1.54, 1.807) is 0 Å². The zero-order valence-corrected chi connectivity index (χ0v) is 8.43. The van der Waals surface area contributed by atoms with E-state index < -0.39 is 27.8 Å². The first-order chi connectivity index (χ1) is 8.11. The molecule has 2 rings (SSSR count). The van der Waals surface area contributed by atoms with E-state index in [-0.39, 0.29) is 5.69 Å². The molecule has 0 atom stereocenters. The molecule has 0 saturated heterocycles. The fraction of sp³-hybridized carbons (Fsp3) is 0. The van der Waals surface area contributed by atoms with Gasteiger partial charge in [-0.2, -0.15) is 0 Å². The molecule has 1 aromatic carbocycles. The van der Waals surface area contributed by atoms with E-state index in [1.807, 2.05) is 0 Å². The Kier molecular flexibility index (Phi) is 2.78. The SMILES string of the molecule is O=[N+]([O-])c1cccnc1-c1c(F)cccc1F. The lowest BCUT2D eigenvalue weighted by Crippen LogP contribution is -1.98. The molecule has 0 aliphatic rings. The Balaban J connectivity index is 2.73. The number of hydrogen-bond acceptors (Lipinski definition) is 3. The number of benzene rings is 1. The van der Waals surface area contributed by atoms with Crippen molar-refractivity contribution in [3.8, 4) is 11.3 Å².